The van der Waals surface area contributed by atoms with Crippen LogP contribution in [0.3, 0.4) is 0 Å². The maximum atomic E-state index is 13.3. The first-order valence-electron chi connectivity index (χ1n) is 11.8. The molecule has 0 saturated heterocycles. The van der Waals surface area contributed by atoms with Crippen LogP contribution in [0.2, 0.25) is 5.02 Å². The number of amides is 1. The highest BCUT2D eigenvalue weighted by molar-refractivity contribution is 14.1. The number of halogens is 2. The molecule has 5 aromatic rings. The van der Waals surface area contributed by atoms with Gasteiger partial charge in [0.15, 0.2) is 0 Å². The number of hydrogen-bond donors (Lipinski definition) is 2. The van der Waals surface area contributed by atoms with Crippen LogP contribution in [0.15, 0.2) is 96.1 Å². The van der Waals surface area contributed by atoms with Crippen molar-refractivity contribution in [2.45, 2.75) is 0 Å². The number of para-hydroxylation sites is 1. The van der Waals surface area contributed by atoms with Crippen LogP contribution in [0.4, 0.5) is 0 Å². The van der Waals surface area contributed by atoms with E-state index < -0.39 is 11.9 Å². The number of nitrogens with zero attached hydrogens (tertiary/aromatic N) is 1. The third-order valence-electron chi connectivity index (χ3n) is 5.92. The van der Waals surface area contributed by atoms with Crippen LogP contribution in [0.5, 0.6) is 11.5 Å². The van der Waals surface area contributed by atoms with Crippen molar-refractivity contribution in [1.29, 1.82) is 0 Å². The molecular weight excluding hydrogens is 629 g/mol. The number of carbonyl (C=O) groups is 2. The molecule has 0 atom stereocenters. The van der Waals surface area contributed by atoms with Crippen molar-refractivity contribution in [3.63, 3.8) is 0 Å². The number of aromatic nitrogens is 1. The van der Waals surface area contributed by atoms with Gasteiger partial charge in [-0.1, -0.05) is 54.1 Å². The molecule has 5 rings (SSSR count). The lowest BCUT2D eigenvalue weighted by atomic mass is 10.0. The first-order valence-corrected chi connectivity index (χ1v) is 13.2. The van der Waals surface area contributed by atoms with Gasteiger partial charge >= 0.3 is 5.97 Å². The molecule has 0 fully saturated rings. The Balaban J connectivity index is 1.39. The van der Waals surface area contributed by atoms with Crippen molar-refractivity contribution in [2.24, 2.45) is 5.10 Å². The molecule has 9 heteroatoms. The Bertz CT molecular complexity index is 1720. The van der Waals surface area contributed by atoms with E-state index in [1.165, 1.54) is 19.4 Å². The molecule has 0 aliphatic rings. The molecule has 1 heterocycles. The Kier molecular flexibility index (Phi) is 7.94. The zero-order valence-electron chi connectivity index (χ0n) is 20.6. The van der Waals surface area contributed by atoms with E-state index in [1.54, 1.807) is 36.4 Å². The molecule has 39 heavy (non-hydrogen) atoms. The highest BCUT2D eigenvalue weighted by Gasteiger charge is 2.20. The second-order valence-corrected chi connectivity index (χ2v) is 10.1. The molecular formula is C30H21ClIN3O4. The smallest absolute Gasteiger partial charge is 0.347 e. The third-order valence-corrected chi connectivity index (χ3v) is 6.83. The maximum Gasteiger partial charge on any atom is 0.347 e. The summed E-state index contributed by atoms with van der Waals surface area (Å²) in [5.74, 6) is -0.452. The first-order chi connectivity index (χ1) is 18.9. The lowest BCUT2D eigenvalue weighted by Crippen LogP contribution is -2.19. The fourth-order valence-corrected chi connectivity index (χ4v) is 4.79. The van der Waals surface area contributed by atoms with Crippen LogP contribution in [0, 0.1) is 3.57 Å². The van der Waals surface area contributed by atoms with Gasteiger partial charge in [0.2, 0.25) is 0 Å². The quantitative estimate of drug-likeness (QED) is 0.0648. The Morgan fingerprint density at radius 1 is 0.949 bits per heavy atom. The fraction of sp³-hybridized carbons (Fsp3) is 0.0333. The van der Waals surface area contributed by atoms with E-state index in [0.29, 0.717) is 22.0 Å². The number of esters is 1. The zero-order chi connectivity index (χ0) is 27.4. The molecule has 0 saturated carbocycles. The van der Waals surface area contributed by atoms with Crippen molar-refractivity contribution in [3.8, 4) is 22.6 Å². The van der Waals surface area contributed by atoms with Gasteiger partial charge in [-0.3, -0.25) is 4.79 Å². The average Bonchev–Trinajstić information content (AvgIpc) is 3.33. The van der Waals surface area contributed by atoms with E-state index in [0.717, 1.165) is 25.6 Å². The molecule has 0 aliphatic carbocycles. The zero-order valence-corrected chi connectivity index (χ0v) is 23.5. The van der Waals surface area contributed by atoms with Crippen molar-refractivity contribution in [3.05, 3.63) is 116 Å². The number of H-pyrrole nitrogens is 1. The van der Waals surface area contributed by atoms with Crippen LogP contribution in [0.25, 0.3) is 22.0 Å². The van der Waals surface area contributed by atoms with Gasteiger partial charge in [-0.05, 0) is 76.7 Å². The van der Waals surface area contributed by atoms with E-state index >= 15 is 0 Å². The van der Waals surface area contributed by atoms with Gasteiger partial charge in [0.25, 0.3) is 5.91 Å². The SMILES string of the molecule is COc1ccc(Cl)cc1C(=O)Oc1ccccc1C=NNC(=O)c1[nH]c2ccc(I)cc2c1-c1ccccc1. The van der Waals surface area contributed by atoms with Crippen LogP contribution in [-0.4, -0.2) is 30.2 Å². The molecule has 0 aliphatic heterocycles. The number of ether oxygens (including phenoxy) is 2. The molecule has 1 amide bonds. The number of aromatic amines is 1. The first kappa shape index (κ1) is 26.5. The minimum atomic E-state index is -0.639. The fourth-order valence-electron chi connectivity index (χ4n) is 4.13. The molecule has 7 nitrogen and oxygen atoms in total. The standard InChI is InChI=1S/C30H21ClIN3O4/c1-38-26-14-11-20(31)15-23(26)30(37)39-25-10-6-5-9-19(25)17-33-35-29(36)28-27(18-7-3-2-4-8-18)22-16-21(32)12-13-24(22)34-28/h2-17,34H,1H3,(H,35,36). The second kappa shape index (κ2) is 11.7. The Morgan fingerprint density at radius 2 is 1.72 bits per heavy atom. The monoisotopic (exact) mass is 649 g/mol. The van der Waals surface area contributed by atoms with Crippen molar-refractivity contribution in [2.75, 3.05) is 7.11 Å². The number of rotatable bonds is 7. The van der Waals surface area contributed by atoms with Crippen molar-refractivity contribution in [1.82, 2.24) is 10.4 Å². The molecule has 0 spiro atoms. The minimum absolute atomic E-state index is 0.187. The molecule has 0 unspecified atom stereocenters. The van der Waals surface area contributed by atoms with Gasteiger partial charge < -0.3 is 14.5 Å². The molecule has 0 bridgehead atoms. The van der Waals surface area contributed by atoms with Crippen LogP contribution in [0.1, 0.15) is 26.4 Å². The van der Waals surface area contributed by atoms with E-state index in [2.05, 4.69) is 38.1 Å². The molecule has 4 aromatic carbocycles. The number of fused-ring (bicyclic) bond motifs is 1. The molecule has 0 radical (unpaired) electrons. The Labute approximate surface area is 242 Å². The summed E-state index contributed by atoms with van der Waals surface area (Å²) in [6.45, 7) is 0. The topological polar surface area (TPSA) is 92.8 Å². The van der Waals surface area contributed by atoms with Gasteiger partial charge in [-0.2, -0.15) is 5.10 Å². The summed E-state index contributed by atoms with van der Waals surface area (Å²) in [5.41, 5.74) is 6.21. The lowest BCUT2D eigenvalue weighted by Gasteiger charge is -2.10. The molecule has 1 aromatic heterocycles. The summed E-state index contributed by atoms with van der Waals surface area (Å²) in [7, 11) is 1.46. The predicted molar refractivity (Wildman–Crippen MR) is 161 cm³/mol. The summed E-state index contributed by atoms with van der Waals surface area (Å²) >= 11 is 8.31. The van der Waals surface area contributed by atoms with Gasteiger partial charge in [0.1, 0.15) is 22.8 Å². The van der Waals surface area contributed by atoms with E-state index in [-0.39, 0.29) is 11.3 Å². The Morgan fingerprint density at radius 3 is 2.51 bits per heavy atom. The van der Waals surface area contributed by atoms with Gasteiger partial charge in [0, 0.05) is 30.6 Å². The molecule has 194 valence electrons. The summed E-state index contributed by atoms with van der Waals surface area (Å²) in [6, 6.07) is 27.2. The van der Waals surface area contributed by atoms with Crippen LogP contribution < -0.4 is 14.9 Å². The average molecular weight is 650 g/mol. The number of hydrazone groups is 1. The number of benzene rings is 4. The number of hydrogen-bond acceptors (Lipinski definition) is 5. The van der Waals surface area contributed by atoms with E-state index in [1.807, 2.05) is 48.5 Å². The third kappa shape index (κ3) is 5.81. The highest BCUT2D eigenvalue weighted by atomic mass is 127. The summed E-state index contributed by atoms with van der Waals surface area (Å²) in [6.07, 6.45) is 1.42. The van der Waals surface area contributed by atoms with E-state index in [9.17, 15) is 9.59 Å². The van der Waals surface area contributed by atoms with Crippen molar-refractivity contribution < 1.29 is 19.1 Å². The molecule has 2 N–H and O–H groups in total. The number of carbonyl (C=O) groups excluding carboxylic acids is 2. The predicted octanol–water partition coefficient (Wildman–Crippen LogP) is 7.08. The summed E-state index contributed by atoms with van der Waals surface area (Å²) in [5, 5.41) is 5.46. The highest BCUT2D eigenvalue weighted by Crippen LogP contribution is 2.33. The summed E-state index contributed by atoms with van der Waals surface area (Å²) < 4.78 is 11.9. The van der Waals surface area contributed by atoms with Gasteiger partial charge in [-0.15, -0.1) is 0 Å². The van der Waals surface area contributed by atoms with E-state index in [4.69, 9.17) is 21.1 Å². The minimum Gasteiger partial charge on any atom is -0.496 e. The largest absolute Gasteiger partial charge is 0.496 e. The van der Waals surface area contributed by atoms with Gasteiger partial charge in [0.05, 0.1) is 13.3 Å². The maximum absolute atomic E-state index is 13.3. The van der Waals surface area contributed by atoms with Gasteiger partial charge in [-0.25, -0.2) is 10.2 Å². The number of nitrogens with one attached hydrogen (secondary N) is 2. The van der Waals surface area contributed by atoms with Crippen molar-refractivity contribution >= 4 is 63.2 Å². The second-order valence-electron chi connectivity index (χ2n) is 8.40. The normalized spacial score (nSPS) is 11.1. The summed E-state index contributed by atoms with van der Waals surface area (Å²) in [4.78, 5) is 29.4. The van der Waals surface area contributed by atoms with Crippen LogP contribution in [-0.2, 0) is 0 Å². The lowest BCUT2D eigenvalue weighted by molar-refractivity contribution is 0.0730. The Hall–Kier alpha value is -4.15. The van der Waals surface area contributed by atoms with Crippen LogP contribution >= 0.6 is 34.2 Å². The number of methoxy groups -OCH3 is 1.